The summed E-state index contributed by atoms with van der Waals surface area (Å²) in [5, 5.41) is 5.22. The van der Waals surface area contributed by atoms with Gasteiger partial charge in [-0.1, -0.05) is 18.3 Å². The van der Waals surface area contributed by atoms with E-state index in [2.05, 4.69) is 14.8 Å². The summed E-state index contributed by atoms with van der Waals surface area (Å²) < 4.78 is 40.7. The number of rotatable bonds is 4. The Morgan fingerprint density at radius 1 is 1.28 bits per heavy atom. The Morgan fingerprint density at radius 2 is 2.04 bits per heavy atom. The van der Waals surface area contributed by atoms with Gasteiger partial charge in [-0.2, -0.15) is 18.0 Å². The summed E-state index contributed by atoms with van der Waals surface area (Å²) in [7, 11) is -3.85. The van der Waals surface area contributed by atoms with Crippen molar-refractivity contribution in [2.24, 2.45) is 0 Å². The van der Waals surface area contributed by atoms with Gasteiger partial charge >= 0.3 is 0 Å². The Bertz CT molecular complexity index is 1060. The van der Waals surface area contributed by atoms with Crippen molar-refractivity contribution < 1.29 is 17.9 Å². The first kappa shape index (κ1) is 16.2. The highest BCUT2D eigenvalue weighted by molar-refractivity contribution is 7.92. The molecule has 132 valence electrons. The fraction of sp³-hybridized carbons (Fsp3) is 0.333. The lowest BCUT2D eigenvalue weighted by Crippen LogP contribution is -2.18. The maximum atomic E-state index is 12.9. The highest BCUT2D eigenvalue weighted by atomic mass is 32.2. The number of aryl methyl sites for hydroxylation is 2. The quantitative estimate of drug-likeness (QED) is 0.746. The number of anilines is 1. The molecule has 0 unspecified atom stereocenters. The van der Waals surface area contributed by atoms with Crippen LogP contribution in [0.2, 0.25) is 0 Å². The van der Waals surface area contributed by atoms with Crippen LogP contribution < -0.4 is 14.2 Å². The van der Waals surface area contributed by atoms with E-state index in [-0.39, 0.29) is 5.03 Å². The van der Waals surface area contributed by atoms with E-state index in [0.29, 0.717) is 41.1 Å². The van der Waals surface area contributed by atoms with Gasteiger partial charge in [0.2, 0.25) is 9.99 Å². The average Bonchev–Trinajstić information content (AvgIpc) is 3.10. The lowest BCUT2D eigenvalue weighted by molar-refractivity contribution is 0.171. The van der Waals surface area contributed by atoms with Gasteiger partial charge < -0.3 is 9.47 Å². The normalized spacial score (nSPS) is 14.0. The highest BCUT2D eigenvalue weighted by Crippen LogP contribution is 2.33. The molecule has 0 amide bonds. The van der Waals surface area contributed by atoms with Gasteiger partial charge in [0.25, 0.3) is 10.0 Å². The van der Waals surface area contributed by atoms with E-state index in [1.165, 1.54) is 15.9 Å². The zero-order valence-electron chi connectivity index (χ0n) is 13.6. The Morgan fingerprint density at radius 3 is 2.80 bits per heavy atom. The molecule has 0 spiro atoms. The largest absolute Gasteiger partial charge is 0.486 e. The zero-order chi connectivity index (χ0) is 17.6. The summed E-state index contributed by atoms with van der Waals surface area (Å²) >= 11 is 1.39. The predicted molar refractivity (Wildman–Crippen MR) is 93.2 cm³/mol. The molecule has 8 nitrogen and oxygen atoms in total. The molecule has 0 bridgehead atoms. The summed E-state index contributed by atoms with van der Waals surface area (Å²) in [6.07, 6.45) is 0.724. The second kappa shape index (κ2) is 5.88. The van der Waals surface area contributed by atoms with Gasteiger partial charge in [-0.15, -0.1) is 0 Å². The molecule has 0 saturated carbocycles. The zero-order valence-corrected chi connectivity index (χ0v) is 15.3. The van der Waals surface area contributed by atoms with Gasteiger partial charge in [-0.3, -0.25) is 4.72 Å². The molecule has 2 aromatic heterocycles. The molecule has 4 rings (SSSR count). The molecular formula is C15H16N4O4S2. The van der Waals surface area contributed by atoms with Gasteiger partial charge in [-0.05, 0) is 25.5 Å². The second-order valence-corrected chi connectivity index (χ2v) is 8.15. The van der Waals surface area contributed by atoms with Crippen LogP contribution in [0, 0.1) is 6.92 Å². The van der Waals surface area contributed by atoms with E-state index >= 15 is 0 Å². The Labute approximate surface area is 148 Å². The minimum Gasteiger partial charge on any atom is -0.486 e. The summed E-state index contributed by atoms with van der Waals surface area (Å²) in [6, 6.07) is 4.93. The van der Waals surface area contributed by atoms with Gasteiger partial charge in [0.1, 0.15) is 18.2 Å². The highest BCUT2D eigenvalue weighted by Gasteiger charge is 2.26. The first-order valence-electron chi connectivity index (χ1n) is 7.75. The van der Waals surface area contributed by atoms with Crippen molar-refractivity contribution >= 4 is 32.0 Å². The van der Waals surface area contributed by atoms with Crippen molar-refractivity contribution in [3.8, 4) is 11.5 Å². The van der Waals surface area contributed by atoms with Crippen molar-refractivity contribution in [2.45, 2.75) is 25.3 Å². The number of nitrogens with one attached hydrogen (secondary N) is 1. The molecule has 1 aliphatic rings. The van der Waals surface area contributed by atoms with E-state index in [9.17, 15) is 8.42 Å². The standard InChI is InChI=1S/C15H16N4O4S2/c1-3-13-17-19-14(9(2)16-15(19)24-13)25(20,21)18-10-4-5-11-12(8-10)23-7-6-22-11/h4-5,8,18H,3,6-7H2,1-2H3. The molecule has 0 radical (unpaired) electrons. The van der Waals surface area contributed by atoms with Crippen LogP contribution in [0.3, 0.4) is 0 Å². The van der Waals surface area contributed by atoms with E-state index < -0.39 is 10.0 Å². The number of imidazole rings is 1. The van der Waals surface area contributed by atoms with Crippen LogP contribution in [0.1, 0.15) is 17.6 Å². The molecule has 10 heteroatoms. The summed E-state index contributed by atoms with van der Waals surface area (Å²) in [5.74, 6) is 1.12. The summed E-state index contributed by atoms with van der Waals surface area (Å²) in [6.45, 7) is 4.54. The van der Waals surface area contributed by atoms with Crippen molar-refractivity contribution in [1.82, 2.24) is 14.6 Å². The minimum absolute atomic E-state index is 0.0494. The summed E-state index contributed by atoms with van der Waals surface area (Å²) in [5.41, 5.74) is 0.802. The fourth-order valence-corrected chi connectivity index (χ4v) is 4.89. The van der Waals surface area contributed by atoms with Crippen LogP contribution in [0.25, 0.3) is 4.96 Å². The van der Waals surface area contributed by atoms with Crippen molar-refractivity contribution in [3.05, 3.63) is 28.9 Å². The maximum Gasteiger partial charge on any atom is 0.281 e. The minimum atomic E-state index is -3.85. The molecule has 0 aliphatic carbocycles. The van der Waals surface area contributed by atoms with E-state index in [1.54, 1.807) is 25.1 Å². The number of aromatic nitrogens is 3. The molecule has 0 saturated heterocycles. The number of ether oxygens (including phenoxy) is 2. The maximum absolute atomic E-state index is 12.9. The molecular weight excluding hydrogens is 364 g/mol. The van der Waals surface area contributed by atoms with Gasteiger partial charge in [0.15, 0.2) is 11.5 Å². The number of nitrogens with zero attached hydrogens (tertiary/aromatic N) is 3. The molecule has 1 aliphatic heterocycles. The molecule has 1 N–H and O–H groups in total. The molecule has 0 fully saturated rings. The molecule has 1 aromatic carbocycles. The number of hydrogen-bond acceptors (Lipinski definition) is 7. The number of benzene rings is 1. The van der Waals surface area contributed by atoms with Crippen LogP contribution in [-0.4, -0.2) is 36.2 Å². The molecule has 0 atom stereocenters. The molecule has 3 heterocycles. The predicted octanol–water partition coefficient (Wildman–Crippen LogP) is 2.23. The lowest BCUT2D eigenvalue weighted by atomic mass is 10.3. The number of hydrogen-bond donors (Lipinski definition) is 1. The Balaban J connectivity index is 1.72. The van der Waals surface area contributed by atoms with E-state index in [4.69, 9.17) is 9.47 Å². The third kappa shape index (κ3) is 2.81. The topological polar surface area (TPSA) is 94.8 Å². The third-order valence-electron chi connectivity index (χ3n) is 3.72. The van der Waals surface area contributed by atoms with Crippen molar-refractivity contribution in [3.63, 3.8) is 0 Å². The van der Waals surface area contributed by atoms with Crippen LogP contribution in [0.4, 0.5) is 5.69 Å². The Hall–Kier alpha value is -2.33. The smallest absolute Gasteiger partial charge is 0.281 e. The summed E-state index contributed by atoms with van der Waals surface area (Å²) in [4.78, 5) is 4.88. The van der Waals surface area contributed by atoms with Crippen LogP contribution >= 0.6 is 11.3 Å². The lowest BCUT2D eigenvalue weighted by Gasteiger charge is -2.19. The molecule has 25 heavy (non-hydrogen) atoms. The van der Waals surface area contributed by atoms with E-state index in [0.717, 1.165) is 11.4 Å². The van der Waals surface area contributed by atoms with Crippen molar-refractivity contribution in [1.29, 1.82) is 0 Å². The third-order valence-corrected chi connectivity index (χ3v) is 6.25. The van der Waals surface area contributed by atoms with Crippen LogP contribution in [0.15, 0.2) is 23.2 Å². The van der Waals surface area contributed by atoms with Crippen LogP contribution in [0.5, 0.6) is 11.5 Å². The molecule has 3 aromatic rings. The first-order valence-corrected chi connectivity index (χ1v) is 10.1. The fourth-order valence-electron chi connectivity index (χ4n) is 2.63. The van der Waals surface area contributed by atoms with E-state index in [1.807, 2.05) is 6.92 Å². The van der Waals surface area contributed by atoms with Crippen molar-refractivity contribution in [2.75, 3.05) is 17.9 Å². The second-order valence-electron chi connectivity index (χ2n) is 5.51. The number of sulfonamides is 1. The number of fused-ring (bicyclic) bond motifs is 2. The Kier molecular flexibility index (Phi) is 3.80. The van der Waals surface area contributed by atoms with Gasteiger partial charge in [0, 0.05) is 6.07 Å². The van der Waals surface area contributed by atoms with Gasteiger partial charge in [0.05, 0.1) is 11.4 Å². The van der Waals surface area contributed by atoms with Crippen LogP contribution in [-0.2, 0) is 16.4 Å². The monoisotopic (exact) mass is 380 g/mol. The first-order chi connectivity index (χ1) is 12.0. The van der Waals surface area contributed by atoms with Gasteiger partial charge in [-0.25, -0.2) is 4.98 Å². The SMILES string of the molecule is CCc1nn2c(S(=O)(=O)Nc3ccc4c(c3)OCCO4)c(C)nc2s1. The average molecular weight is 380 g/mol.